The van der Waals surface area contributed by atoms with Crippen molar-refractivity contribution in [2.75, 3.05) is 18.4 Å². The number of hydrogen-bond acceptors (Lipinski definition) is 7. The zero-order valence-corrected chi connectivity index (χ0v) is 19.4. The summed E-state index contributed by atoms with van der Waals surface area (Å²) >= 11 is 1.76. The zero-order valence-electron chi connectivity index (χ0n) is 17.8. The van der Waals surface area contributed by atoms with Crippen LogP contribution in [0.2, 0.25) is 0 Å². The Labute approximate surface area is 191 Å². The number of hydrogen-bond donors (Lipinski definition) is 1. The van der Waals surface area contributed by atoms with Crippen molar-refractivity contribution in [3.05, 3.63) is 54.1 Å². The van der Waals surface area contributed by atoms with Crippen LogP contribution in [0.15, 0.2) is 62.7 Å². The molecule has 1 aliphatic rings. The first kappa shape index (κ1) is 22.5. The molecule has 0 atom stereocenters. The molecular formula is C22H24N4O4S2. The van der Waals surface area contributed by atoms with Gasteiger partial charge in [0.25, 0.3) is 5.91 Å². The molecule has 1 saturated heterocycles. The van der Waals surface area contributed by atoms with Gasteiger partial charge in [0.05, 0.1) is 4.90 Å². The van der Waals surface area contributed by atoms with Crippen molar-refractivity contribution < 1.29 is 17.6 Å². The number of amides is 1. The van der Waals surface area contributed by atoms with E-state index in [0.29, 0.717) is 29.8 Å². The summed E-state index contributed by atoms with van der Waals surface area (Å²) in [5.74, 6) is -0.164. The highest BCUT2D eigenvalue weighted by molar-refractivity contribution is 7.99. The third kappa shape index (κ3) is 5.03. The van der Waals surface area contributed by atoms with Gasteiger partial charge in [-0.1, -0.05) is 18.9 Å². The van der Waals surface area contributed by atoms with Crippen LogP contribution in [0.1, 0.15) is 37.0 Å². The van der Waals surface area contributed by atoms with Crippen molar-refractivity contribution in [3.8, 4) is 11.5 Å². The van der Waals surface area contributed by atoms with Crippen LogP contribution in [0.4, 0.5) is 6.01 Å². The van der Waals surface area contributed by atoms with Crippen LogP contribution < -0.4 is 5.32 Å². The number of carbonyl (C=O) groups excluding carboxylic acids is 1. The lowest BCUT2D eigenvalue weighted by molar-refractivity contribution is 0.102. The second-order valence-electron chi connectivity index (χ2n) is 7.69. The normalized spacial score (nSPS) is 14.7. The Balaban J connectivity index is 1.42. The van der Waals surface area contributed by atoms with E-state index >= 15 is 0 Å². The number of sulfonamides is 1. The van der Waals surface area contributed by atoms with Crippen molar-refractivity contribution in [2.45, 2.75) is 41.7 Å². The lowest BCUT2D eigenvalue weighted by Gasteiger charge is -2.15. The van der Waals surface area contributed by atoms with Gasteiger partial charge < -0.3 is 4.42 Å². The van der Waals surface area contributed by atoms with Gasteiger partial charge in [-0.25, -0.2) is 8.42 Å². The molecule has 32 heavy (non-hydrogen) atoms. The summed E-state index contributed by atoms with van der Waals surface area (Å²) in [6.45, 7) is 5.32. The highest BCUT2D eigenvalue weighted by Crippen LogP contribution is 2.27. The lowest BCUT2D eigenvalue weighted by atomic mass is 10.2. The van der Waals surface area contributed by atoms with Gasteiger partial charge in [0.15, 0.2) is 0 Å². The first-order valence-corrected chi connectivity index (χ1v) is 12.7. The van der Waals surface area contributed by atoms with Crippen LogP contribution in [0, 0.1) is 0 Å². The topological polar surface area (TPSA) is 105 Å². The number of carbonyl (C=O) groups is 1. The Kier molecular flexibility index (Phi) is 6.63. The van der Waals surface area contributed by atoms with E-state index in [4.69, 9.17) is 4.42 Å². The van der Waals surface area contributed by atoms with Gasteiger partial charge in [-0.05, 0) is 61.4 Å². The summed E-state index contributed by atoms with van der Waals surface area (Å²) in [6.07, 6.45) is 1.74. The number of nitrogens with one attached hydrogen (secondary N) is 1. The van der Waals surface area contributed by atoms with E-state index in [0.717, 1.165) is 23.3 Å². The number of aromatic nitrogens is 2. The molecule has 0 radical (unpaired) electrons. The molecule has 2 aromatic carbocycles. The average Bonchev–Trinajstić information content (AvgIpc) is 3.47. The molecule has 168 valence electrons. The molecule has 0 unspecified atom stereocenters. The smallest absolute Gasteiger partial charge is 0.322 e. The summed E-state index contributed by atoms with van der Waals surface area (Å²) in [7, 11) is -3.52. The monoisotopic (exact) mass is 472 g/mol. The van der Waals surface area contributed by atoms with Gasteiger partial charge in [-0.15, -0.1) is 16.9 Å². The van der Waals surface area contributed by atoms with Crippen LogP contribution in [0.3, 0.4) is 0 Å². The van der Waals surface area contributed by atoms with Gasteiger partial charge in [0, 0.05) is 34.4 Å². The third-order valence-electron chi connectivity index (χ3n) is 4.94. The predicted molar refractivity (Wildman–Crippen MR) is 123 cm³/mol. The molecule has 0 bridgehead atoms. The molecule has 10 heteroatoms. The van der Waals surface area contributed by atoms with Crippen LogP contribution >= 0.6 is 11.8 Å². The van der Waals surface area contributed by atoms with E-state index < -0.39 is 15.9 Å². The summed E-state index contributed by atoms with van der Waals surface area (Å²) in [5.41, 5.74) is 1.04. The van der Waals surface area contributed by atoms with Crippen LogP contribution in [-0.2, 0) is 10.0 Å². The standard InChI is InChI=1S/C22H24N4O4S2/c1-15(2)31-18-9-5-17(6-10-18)21-24-25-22(30-21)23-20(27)16-7-11-19(12-8-16)32(28,29)26-13-3-4-14-26/h5-12,15H,3-4,13-14H2,1-2H3,(H,23,25,27). The Hall–Kier alpha value is -2.69. The summed E-state index contributed by atoms with van der Waals surface area (Å²) in [4.78, 5) is 13.8. The van der Waals surface area contributed by atoms with Crippen molar-refractivity contribution >= 4 is 33.7 Å². The van der Waals surface area contributed by atoms with Gasteiger partial charge in [0.2, 0.25) is 15.9 Å². The molecule has 1 N–H and O–H groups in total. The fraction of sp³-hybridized carbons (Fsp3) is 0.318. The highest BCUT2D eigenvalue weighted by Gasteiger charge is 2.27. The predicted octanol–water partition coefficient (Wildman–Crippen LogP) is 4.27. The molecular weight excluding hydrogens is 448 g/mol. The average molecular weight is 473 g/mol. The Morgan fingerprint density at radius 3 is 2.31 bits per heavy atom. The Bertz CT molecular complexity index is 1180. The molecule has 1 fully saturated rings. The molecule has 1 aromatic heterocycles. The van der Waals surface area contributed by atoms with Gasteiger partial charge in [-0.2, -0.15) is 4.31 Å². The first-order chi connectivity index (χ1) is 15.3. The lowest BCUT2D eigenvalue weighted by Crippen LogP contribution is -2.27. The summed E-state index contributed by atoms with van der Waals surface area (Å²) in [5, 5.41) is 10.9. The maximum Gasteiger partial charge on any atom is 0.322 e. The second-order valence-corrected chi connectivity index (χ2v) is 11.3. The van der Waals surface area contributed by atoms with Crippen LogP contribution in [-0.4, -0.2) is 47.2 Å². The number of rotatable bonds is 7. The van der Waals surface area contributed by atoms with Crippen molar-refractivity contribution in [1.82, 2.24) is 14.5 Å². The number of anilines is 1. The summed E-state index contributed by atoms with van der Waals surface area (Å²) in [6, 6.07) is 13.6. The second kappa shape index (κ2) is 9.43. The minimum absolute atomic E-state index is 0.0283. The highest BCUT2D eigenvalue weighted by atomic mass is 32.2. The number of thioether (sulfide) groups is 1. The summed E-state index contributed by atoms with van der Waals surface area (Å²) < 4.78 is 32.2. The molecule has 1 aliphatic heterocycles. The first-order valence-electron chi connectivity index (χ1n) is 10.3. The largest absolute Gasteiger partial charge is 0.403 e. The van der Waals surface area contributed by atoms with E-state index in [2.05, 4.69) is 29.4 Å². The molecule has 1 amide bonds. The van der Waals surface area contributed by atoms with Crippen molar-refractivity contribution in [2.24, 2.45) is 0 Å². The molecule has 2 heterocycles. The van der Waals surface area contributed by atoms with E-state index in [9.17, 15) is 13.2 Å². The van der Waals surface area contributed by atoms with Crippen molar-refractivity contribution in [1.29, 1.82) is 0 Å². The molecule has 0 aliphatic carbocycles. The van der Waals surface area contributed by atoms with E-state index in [1.54, 1.807) is 11.8 Å². The molecule has 0 saturated carbocycles. The minimum Gasteiger partial charge on any atom is -0.403 e. The third-order valence-corrected chi connectivity index (χ3v) is 7.87. The SMILES string of the molecule is CC(C)Sc1ccc(-c2nnc(NC(=O)c3ccc(S(=O)(=O)N4CCCC4)cc3)o2)cc1. The zero-order chi connectivity index (χ0) is 22.7. The maximum absolute atomic E-state index is 12.6. The van der Waals surface area contributed by atoms with Crippen LogP contribution in [0.25, 0.3) is 11.5 Å². The minimum atomic E-state index is -3.52. The fourth-order valence-electron chi connectivity index (χ4n) is 3.36. The van der Waals surface area contributed by atoms with Gasteiger partial charge in [0.1, 0.15) is 0 Å². The Morgan fingerprint density at radius 2 is 1.69 bits per heavy atom. The Morgan fingerprint density at radius 1 is 1.03 bits per heavy atom. The fourth-order valence-corrected chi connectivity index (χ4v) is 5.72. The quantitative estimate of drug-likeness (QED) is 0.512. The number of nitrogens with zero attached hydrogens (tertiary/aromatic N) is 3. The van der Waals surface area contributed by atoms with Crippen LogP contribution in [0.5, 0.6) is 0 Å². The van der Waals surface area contributed by atoms with Gasteiger partial charge >= 0.3 is 6.01 Å². The van der Waals surface area contributed by atoms with E-state index in [1.165, 1.54) is 28.6 Å². The van der Waals surface area contributed by atoms with Gasteiger partial charge in [-0.3, -0.25) is 10.1 Å². The maximum atomic E-state index is 12.6. The van der Waals surface area contributed by atoms with E-state index in [1.807, 2.05) is 24.3 Å². The molecule has 4 rings (SSSR count). The molecule has 0 spiro atoms. The van der Waals surface area contributed by atoms with E-state index in [-0.39, 0.29) is 10.9 Å². The number of benzene rings is 2. The molecule has 3 aromatic rings. The molecule has 8 nitrogen and oxygen atoms in total. The van der Waals surface area contributed by atoms with Crippen molar-refractivity contribution in [3.63, 3.8) is 0 Å².